The molecule has 0 radical (unpaired) electrons. The number of rotatable bonds is 9. The smallest absolute Gasteiger partial charge is 0.336 e. The first-order valence-electron chi connectivity index (χ1n) is 11.3. The molecule has 34 heavy (non-hydrogen) atoms. The van der Waals surface area contributed by atoms with Gasteiger partial charge in [0.15, 0.2) is 17.6 Å². The van der Waals surface area contributed by atoms with Gasteiger partial charge in [-0.3, -0.25) is 4.79 Å². The Bertz CT molecular complexity index is 955. The highest BCUT2D eigenvalue weighted by Crippen LogP contribution is 2.31. The fourth-order valence-corrected chi connectivity index (χ4v) is 3.18. The van der Waals surface area contributed by atoms with Crippen molar-refractivity contribution in [2.45, 2.75) is 71.9 Å². The van der Waals surface area contributed by atoms with Crippen molar-refractivity contribution in [1.82, 2.24) is 0 Å². The van der Waals surface area contributed by atoms with Crippen LogP contribution in [0.25, 0.3) is 0 Å². The van der Waals surface area contributed by atoms with Crippen LogP contribution < -0.4 is 9.47 Å². The maximum absolute atomic E-state index is 12.9. The van der Waals surface area contributed by atoms with Gasteiger partial charge in [0, 0.05) is 0 Å². The molecule has 0 fully saturated rings. The van der Waals surface area contributed by atoms with Gasteiger partial charge in [0.25, 0.3) is 0 Å². The number of carbonyl (C=O) groups is 2. The maximum Gasteiger partial charge on any atom is 0.336 e. The molecule has 7 heteroatoms. The van der Waals surface area contributed by atoms with Crippen LogP contribution >= 0.6 is 0 Å². The Labute approximate surface area is 202 Å². The summed E-state index contributed by atoms with van der Waals surface area (Å²) in [4.78, 5) is 25.4. The summed E-state index contributed by atoms with van der Waals surface area (Å²) in [7, 11) is 1.52. The predicted octanol–water partition coefficient (Wildman–Crippen LogP) is 4.48. The molecule has 0 aliphatic heterocycles. The van der Waals surface area contributed by atoms with E-state index in [1.54, 1.807) is 59.7 Å². The second kappa shape index (κ2) is 11.4. The van der Waals surface area contributed by atoms with Gasteiger partial charge < -0.3 is 24.1 Å². The number of carbonyl (C=O) groups excluding carboxylic acids is 2. The standard InChI is InChI=1S/C27H36O7/c1-26(2,3)33-24(29)20(23(28)25(30)34-27(4,5)6)15-19-13-14-21(22(16-19)31-7)32-17-18-11-9-8-10-12-18/h8-14,16,20,23,28H,15,17H2,1-7H3/t20-,23-/m0/s1. The number of ether oxygens (including phenoxy) is 4. The molecule has 2 aromatic rings. The van der Waals surface area contributed by atoms with Crippen molar-refractivity contribution in [3.63, 3.8) is 0 Å². The lowest BCUT2D eigenvalue weighted by Gasteiger charge is -2.28. The number of hydrogen-bond donors (Lipinski definition) is 1. The van der Waals surface area contributed by atoms with Crippen LogP contribution in [0.3, 0.4) is 0 Å². The lowest BCUT2D eigenvalue weighted by atomic mass is 9.93. The summed E-state index contributed by atoms with van der Waals surface area (Å²) in [5.74, 6) is -1.71. The molecule has 2 aromatic carbocycles. The van der Waals surface area contributed by atoms with E-state index in [2.05, 4.69) is 0 Å². The van der Waals surface area contributed by atoms with E-state index in [-0.39, 0.29) is 6.42 Å². The van der Waals surface area contributed by atoms with Gasteiger partial charge in [0.1, 0.15) is 17.8 Å². The van der Waals surface area contributed by atoms with Gasteiger partial charge >= 0.3 is 11.9 Å². The Morgan fingerprint density at radius 1 is 0.824 bits per heavy atom. The topological polar surface area (TPSA) is 91.3 Å². The zero-order chi connectivity index (χ0) is 25.5. The van der Waals surface area contributed by atoms with Crippen molar-refractivity contribution in [2.24, 2.45) is 5.92 Å². The van der Waals surface area contributed by atoms with E-state index in [1.807, 2.05) is 30.3 Å². The van der Waals surface area contributed by atoms with Gasteiger partial charge in [-0.1, -0.05) is 36.4 Å². The van der Waals surface area contributed by atoms with Gasteiger partial charge in [-0.15, -0.1) is 0 Å². The van der Waals surface area contributed by atoms with Crippen molar-refractivity contribution in [3.05, 3.63) is 59.7 Å². The van der Waals surface area contributed by atoms with Crippen molar-refractivity contribution < 1.29 is 33.6 Å². The molecule has 0 unspecified atom stereocenters. The van der Waals surface area contributed by atoms with E-state index in [4.69, 9.17) is 18.9 Å². The molecule has 0 aromatic heterocycles. The lowest BCUT2D eigenvalue weighted by Crippen LogP contribution is -2.43. The van der Waals surface area contributed by atoms with Crippen LogP contribution in [-0.2, 0) is 32.1 Å². The largest absolute Gasteiger partial charge is 0.493 e. The number of aliphatic hydroxyl groups is 1. The van der Waals surface area contributed by atoms with Crippen molar-refractivity contribution >= 4 is 11.9 Å². The normalized spacial score (nSPS) is 13.5. The summed E-state index contributed by atoms with van der Waals surface area (Å²) in [6.45, 7) is 10.6. The van der Waals surface area contributed by atoms with Crippen molar-refractivity contribution in [1.29, 1.82) is 0 Å². The Hall–Kier alpha value is -3.06. The highest BCUT2D eigenvalue weighted by atomic mass is 16.6. The van der Waals surface area contributed by atoms with Gasteiger partial charge in [-0.25, -0.2) is 4.79 Å². The van der Waals surface area contributed by atoms with Gasteiger partial charge in [0.2, 0.25) is 0 Å². The molecule has 0 heterocycles. The monoisotopic (exact) mass is 472 g/mol. The molecule has 2 rings (SSSR count). The molecule has 0 saturated heterocycles. The zero-order valence-corrected chi connectivity index (χ0v) is 21.1. The number of methoxy groups -OCH3 is 1. The first kappa shape index (κ1) is 27.2. The maximum atomic E-state index is 12.9. The third kappa shape index (κ3) is 8.71. The van der Waals surface area contributed by atoms with Crippen LogP contribution in [0.15, 0.2) is 48.5 Å². The van der Waals surface area contributed by atoms with Crippen LogP contribution in [0.1, 0.15) is 52.7 Å². The first-order chi connectivity index (χ1) is 15.8. The zero-order valence-electron chi connectivity index (χ0n) is 21.1. The molecule has 1 N–H and O–H groups in total. The summed E-state index contributed by atoms with van der Waals surface area (Å²) >= 11 is 0. The van der Waals surface area contributed by atoms with Crippen LogP contribution in [0.4, 0.5) is 0 Å². The van der Waals surface area contributed by atoms with Crippen LogP contribution in [0.5, 0.6) is 11.5 Å². The molecule has 0 aliphatic carbocycles. The predicted molar refractivity (Wildman–Crippen MR) is 129 cm³/mol. The van der Waals surface area contributed by atoms with E-state index in [1.165, 1.54) is 7.11 Å². The fraction of sp³-hybridized carbons (Fsp3) is 0.481. The van der Waals surface area contributed by atoms with Gasteiger partial charge in [0.05, 0.1) is 13.0 Å². The second-order valence-electron chi connectivity index (χ2n) is 10.1. The van der Waals surface area contributed by atoms with Crippen LogP contribution in [-0.4, -0.2) is 41.5 Å². The summed E-state index contributed by atoms with van der Waals surface area (Å²) in [6, 6.07) is 15.0. The summed E-state index contributed by atoms with van der Waals surface area (Å²) in [5.41, 5.74) is 0.0920. The number of benzene rings is 2. The number of aliphatic hydroxyl groups excluding tert-OH is 1. The molecule has 186 valence electrons. The van der Waals surface area contributed by atoms with E-state index in [0.29, 0.717) is 23.7 Å². The molecule has 0 aliphatic rings. The number of hydrogen-bond acceptors (Lipinski definition) is 7. The molecule has 0 spiro atoms. The van der Waals surface area contributed by atoms with Crippen molar-refractivity contribution in [2.75, 3.05) is 7.11 Å². The Morgan fingerprint density at radius 3 is 1.97 bits per heavy atom. The summed E-state index contributed by atoms with van der Waals surface area (Å²) in [6.07, 6.45) is -1.64. The van der Waals surface area contributed by atoms with E-state index in [0.717, 1.165) is 5.56 Å². The minimum absolute atomic E-state index is 0.0463. The molecular formula is C27H36O7. The second-order valence-corrected chi connectivity index (χ2v) is 10.1. The average molecular weight is 473 g/mol. The molecule has 0 amide bonds. The lowest BCUT2D eigenvalue weighted by molar-refractivity contribution is -0.178. The summed E-state index contributed by atoms with van der Waals surface area (Å²) < 4.78 is 22.1. The highest BCUT2D eigenvalue weighted by Gasteiger charge is 2.38. The van der Waals surface area contributed by atoms with Crippen LogP contribution in [0, 0.1) is 5.92 Å². The van der Waals surface area contributed by atoms with Gasteiger partial charge in [-0.2, -0.15) is 0 Å². The van der Waals surface area contributed by atoms with E-state index >= 15 is 0 Å². The summed E-state index contributed by atoms with van der Waals surface area (Å²) in [5, 5.41) is 10.7. The fourth-order valence-electron chi connectivity index (χ4n) is 3.18. The third-order valence-corrected chi connectivity index (χ3v) is 4.66. The highest BCUT2D eigenvalue weighted by molar-refractivity contribution is 5.84. The third-order valence-electron chi connectivity index (χ3n) is 4.66. The number of esters is 2. The molecule has 0 bridgehead atoms. The molecular weight excluding hydrogens is 436 g/mol. The molecule has 2 atom stereocenters. The SMILES string of the molecule is COc1cc(C[C@H](C(=O)OC(C)(C)C)[C@H](O)C(=O)OC(C)(C)C)ccc1OCc1ccccc1. The minimum Gasteiger partial charge on any atom is -0.493 e. The van der Waals surface area contributed by atoms with Gasteiger partial charge in [-0.05, 0) is 71.2 Å². The molecule has 7 nitrogen and oxygen atoms in total. The van der Waals surface area contributed by atoms with E-state index in [9.17, 15) is 14.7 Å². The Kier molecular flexibility index (Phi) is 9.10. The Morgan fingerprint density at radius 2 is 1.41 bits per heavy atom. The van der Waals surface area contributed by atoms with E-state index < -0.39 is 35.2 Å². The first-order valence-corrected chi connectivity index (χ1v) is 11.3. The van der Waals surface area contributed by atoms with Crippen molar-refractivity contribution in [3.8, 4) is 11.5 Å². The average Bonchev–Trinajstić information content (AvgIpc) is 2.74. The van der Waals surface area contributed by atoms with Crippen LogP contribution in [0.2, 0.25) is 0 Å². The Balaban J connectivity index is 2.24. The quantitative estimate of drug-likeness (QED) is 0.538. The molecule has 0 saturated carbocycles. The minimum atomic E-state index is -1.69.